The number of hydrogen-bond acceptors (Lipinski definition) is 2. The third-order valence-corrected chi connectivity index (χ3v) is 4.14. The molecule has 0 heterocycles. The molecule has 1 aliphatic rings. The summed E-state index contributed by atoms with van der Waals surface area (Å²) in [6.45, 7) is 0.194. The Morgan fingerprint density at radius 2 is 1.72 bits per heavy atom. The SMILES string of the molecule is O=C(CNC(=O)NCc1ccc(F)cc1)N[C@H]1C[C@@H]1c1ccccc1. The van der Waals surface area contributed by atoms with Gasteiger partial charge in [-0.05, 0) is 29.7 Å². The number of urea groups is 1. The van der Waals surface area contributed by atoms with Gasteiger partial charge in [-0.3, -0.25) is 4.79 Å². The van der Waals surface area contributed by atoms with Gasteiger partial charge in [-0.2, -0.15) is 0 Å². The molecule has 3 N–H and O–H groups in total. The Kier molecular flexibility index (Phi) is 5.28. The third-order valence-electron chi connectivity index (χ3n) is 4.14. The van der Waals surface area contributed by atoms with E-state index in [1.807, 2.05) is 18.2 Å². The Balaban J connectivity index is 1.34. The zero-order chi connectivity index (χ0) is 17.6. The highest BCUT2D eigenvalue weighted by molar-refractivity contribution is 5.84. The first-order chi connectivity index (χ1) is 12.1. The van der Waals surface area contributed by atoms with Crippen LogP contribution in [-0.2, 0) is 11.3 Å². The molecule has 6 heteroatoms. The average molecular weight is 341 g/mol. The second kappa shape index (κ2) is 7.79. The Labute approximate surface area is 145 Å². The Morgan fingerprint density at radius 3 is 2.44 bits per heavy atom. The molecule has 0 aliphatic heterocycles. The lowest BCUT2D eigenvalue weighted by Crippen LogP contribution is -2.42. The normalized spacial score (nSPS) is 18.3. The topological polar surface area (TPSA) is 70.2 Å². The molecule has 0 radical (unpaired) electrons. The molecule has 130 valence electrons. The van der Waals surface area contributed by atoms with Crippen LogP contribution in [-0.4, -0.2) is 24.5 Å². The molecule has 25 heavy (non-hydrogen) atoms. The van der Waals surface area contributed by atoms with E-state index in [0.29, 0.717) is 5.92 Å². The summed E-state index contributed by atoms with van der Waals surface area (Å²) in [5.41, 5.74) is 2.00. The molecule has 0 unspecified atom stereocenters. The van der Waals surface area contributed by atoms with Crippen LogP contribution in [0.1, 0.15) is 23.5 Å². The van der Waals surface area contributed by atoms with Crippen molar-refractivity contribution in [2.75, 3.05) is 6.54 Å². The van der Waals surface area contributed by atoms with Crippen LogP contribution in [0.25, 0.3) is 0 Å². The van der Waals surface area contributed by atoms with Crippen LogP contribution in [0, 0.1) is 5.82 Å². The second-order valence-electron chi connectivity index (χ2n) is 6.09. The highest BCUT2D eigenvalue weighted by Gasteiger charge is 2.39. The Hall–Kier alpha value is -2.89. The van der Waals surface area contributed by atoms with Gasteiger partial charge in [0, 0.05) is 18.5 Å². The number of nitrogens with one attached hydrogen (secondary N) is 3. The van der Waals surface area contributed by atoms with Crippen LogP contribution < -0.4 is 16.0 Å². The summed E-state index contributed by atoms with van der Waals surface area (Å²) in [7, 11) is 0. The van der Waals surface area contributed by atoms with Gasteiger partial charge < -0.3 is 16.0 Å². The molecule has 3 amide bonds. The van der Waals surface area contributed by atoms with Crippen molar-refractivity contribution in [2.45, 2.75) is 24.9 Å². The summed E-state index contributed by atoms with van der Waals surface area (Å²) in [6, 6.07) is 15.6. The smallest absolute Gasteiger partial charge is 0.315 e. The van der Waals surface area contributed by atoms with Crippen molar-refractivity contribution in [2.24, 2.45) is 0 Å². The van der Waals surface area contributed by atoms with Gasteiger partial charge in [0.25, 0.3) is 0 Å². The molecular formula is C19H20FN3O2. The number of benzene rings is 2. The minimum Gasteiger partial charge on any atom is -0.351 e. The fraction of sp³-hybridized carbons (Fsp3) is 0.263. The first kappa shape index (κ1) is 17.0. The zero-order valence-electron chi connectivity index (χ0n) is 13.7. The van der Waals surface area contributed by atoms with Crippen LogP contribution in [0.3, 0.4) is 0 Å². The molecule has 0 aromatic heterocycles. The Morgan fingerprint density at radius 1 is 1.00 bits per heavy atom. The summed E-state index contributed by atoms with van der Waals surface area (Å²) in [5.74, 6) is -0.170. The van der Waals surface area contributed by atoms with E-state index in [9.17, 15) is 14.0 Å². The number of carbonyl (C=O) groups is 2. The minimum atomic E-state index is -0.435. The van der Waals surface area contributed by atoms with Crippen LogP contribution >= 0.6 is 0 Å². The van der Waals surface area contributed by atoms with Gasteiger partial charge in [0.05, 0.1) is 6.54 Å². The largest absolute Gasteiger partial charge is 0.351 e. The maximum atomic E-state index is 12.8. The van der Waals surface area contributed by atoms with Gasteiger partial charge >= 0.3 is 6.03 Å². The van der Waals surface area contributed by atoms with E-state index in [1.54, 1.807) is 12.1 Å². The lowest BCUT2D eigenvalue weighted by atomic mass is 10.1. The number of hydrogen-bond donors (Lipinski definition) is 3. The maximum Gasteiger partial charge on any atom is 0.315 e. The Bertz CT molecular complexity index is 734. The molecule has 2 atom stereocenters. The predicted octanol–water partition coefficient (Wildman–Crippen LogP) is 2.30. The highest BCUT2D eigenvalue weighted by atomic mass is 19.1. The third kappa shape index (κ3) is 5.04. The van der Waals surface area contributed by atoms with E-state index in [1.165, 1.54) is 17.7 Å². The standard InChI is InChI=1S/C19H20FN3O2/c20-15-8-6-13(7-9-15)11-21-19(25)22-12-18(24)23-17-10-16(17)14-4-2-1-3-5-14/h1-9,16-17H,10-12H2,(H,23,24)(H2,21,22,25)/t16-,17+/m1/s1. The van der Waals surface area contributed by atoms with E-state index < -0.39 is 6.03 Å². The summed E-state index contributed by atoms with van der Waals surface area (Å²) in [6.07, 6.45) is 0.923. The fourth-order valence-electron chi connectivity index (χ4n) is 2.69. The van der Waals surface area contributed by atoms with Gasteiger partial charge in [0.1, 0.15) is 5.82 Å². The number of amides is 3. The molecule has 3 rings (SSSR count). The van der Waals surface area contributed by atoms with Crippen molar-refractivity contribution in [3.05, 3.63) is 71.5 Å². The maximum absolute atomic E-state index is 12.8. The van der Waals surface area contributed by atoms with Crippen molar-refractivity contribution >= 4 is 11.9 Å². The van der Waals surface area contributed by atoms with Gasteiger partial charge in [-0.15, -0.1) is 0 Å². The van der Waals surface area contributed by atoms with E-state index in [2.05, 4.69) is 28.1 Å². The van der Waals surface area contributed by atoms with Crippen molar-refractivity contribution in [1.82, 2.24) is 16.0 Å². The molecule has 5 nitrogen and oxygen atoms in total. The van der Waals surface area contributed by atoms with Crippen LogP contribution in [0.4, 0.5) is 9.18 Å². The fourth-order valence-corrected chi connectivity index (χ4v) is 2.69. The molecule has 0 bridgehead atoms. The summed E-state index contributed by atoms with van der Waals surface area (Å²) < 4.78 is 12.8. The number of carbonyl (C=O) groups excluding carboxylic acids is 2. The lowest BCUT2D eigenvalue weighted by molar-refractivity contribution is -0.120. The van der Waals surface area contributed by atoms with Crippen LogP contribution in [0.15, 0.2) is 54.6 Å². The molecule has 2 aromatic rings. The van der Waals surface area contributed by atoms with E-state index in [-0.39, 0.29) is 30.9 Å². The van der Waals surface area contributed by atoms with E-state index >= 15 is 0 Å². The van der Waals surface area contributed by atoms with Gasteiger partial charge in [-0.1, -0.05) is 42.5 Å². The number of rotatable bonds is 6. The lowest BCUT2D eigenvalue weighted by Gasteiger charge is -2.08. The molecule has 0 saturated heterocycles. The first-order valence-electron chi connectivity index (χ1n) is 8.22. The minimum absolute atomic E-state index is 0.0761. The predicted molar refractivity (Wildman–Crippen MR) is 92.4 cm³/mol. The monoisotopic (exact) mass is 341 g/mol. The van der Waals surface area contributed by atoms with Crippen LogP contribution in [0.2, 0.25) is 0 Å². The van der Waals surface area contributed by atoms with Crippen molar-refractivity contribution in [3.63, 3.8) is 0 Å². The first-order valence-corrected chi connectivity index (χ1v) is 8.22. The second-order valence-corrected chi connectivity index (χ2v) is 6.09. The van der Waals surface area contributed by atoms with E-state index in [4.69, 9.17) is 0 Å². The quantitative estimate of drug-likeness (QED) is 0.754. The zero-order valence-corrected chi connectivity index (χ0v) is 13.7. The highest BCUT2D eigenvalue weighted by Crippen LogP contribution is 2.40. The van der Waals surface area contributed by atoms with Gasteiger partial charge in [0.2, 0.25) is 5.91 Å². The molecule has 2 aromatic carbocycles. The summed E-state index contributed by atoms with van der Waals surface area (Å²) in [5, 5.41) is 8.06. The molecule has 1 fully saturated rings. The van der Waals surface area contributed by atoms with E-state index in [0.717, 1.165) is 12.0 Å². The van der Waals surface area contributed by atoms with Crippen LogP contribution in [0.5, 0.6) is 0 Å². The molecular weight excluding hydrogens is 321 g/mol. The van der Waals surface area contributed by atoms with Crippen molar-refractivity contribution < 1.29 is 14.0 Å². The van der Waals surface area contributed by atoms with Gasteiger partial charge in [0.15, 0.2) is 0 Å². The van der Waals surface area contributed by atoms with Crippen molar-refractivity contribution in [3.8, 4) is 0 Å². The van der Waals surface area contributed by atoms with Crippen molar-refractivity contribution in [1.29, 1.82) is 0 Å². The average Bonchev–Trinajstić information content (AvgIpc) is 3.39. The number of halogens is 1. The van der Waals surface area contributed by atoms with Gasteiger partial charge in [-0.25, -0.2) is 9.18 Å². The molecule has 0 spiro atoms. The summed E-state index contributed by atoms with van der Waals surface area (Å²) in [4.78, 5) is 23.6. The molecule has 1 aliphatic carbocycles. The molecule has 1 saturated carbocycles. The summed E-state index contributed by atoms with van der Waals surface area (Å²) >= 11 is 0.